The summed E-state index contributed by atoms with van der Waals surface area (Å²) in [6.45, 7) is 2.01. The summed E-state index contributed by atoms with van der Waals surface area (Å²) in [4.78, 5) is 12.2. The summed E-state index contributed by atoms with van der Waals surface area (Å²) in [7, 11) is 0. The number of carbonyl (C=O) groups excluding carboxylic acids is 1. The van der Waals surface area contributed by atoms with Crippen LogP contribution in [0.25, 0.3) is 0 Å². The van der Waals surface area contributed by atoms with Crippen LogP contribution in [0, 0.1) is 6.92 Å². The number of carbonyl (C=O) groups is 1. The third-order valence-electron chi connectivity index (χ3n) is 3.47. The van der Waals surface area contributed by atoms with Gasteiger partial charge in [0.25, 0.3) is 0 Å². The molecule has 0 radical (unpaired) electrons. The van der Waals surface area contributed by atoms with Crippen LogP contribution < -0.4 is 11.1 Å². The minimum atomic E-state index is -0.665. The number of benzene rings is 1. The fraction of sp³-hybridized carbons (Fsp3) is 0.500. The van der Waals surface area contributed by atoms with E-state index in [1.807, 2.05) is 31.2 Å². The van der Waals surface area contributed by atoms with Gasteiger partial charge in [-0.2, -0.15) is 0 Å². The second-order valence-corrected chi connectivity index (χ2v) is 5.04. The third kappa shape index (κ3) is 2.86. The number of rotatable bonds is 2. The van der Waals surface area contributed by atoms with Crippen LogP contribution in [0.3, 0.4) is 0 Å². The molecular weight excluding hydrogens is 212 g/mol. The van der Waals surface area contributed by atoms with Crippen molar-refractivity contribution in [2.45, 2.75) is 44.6 Å². The van der Waals surface area contributed by atoms with Crippen LogP contribution in [0.5, 0.6) is 0 Å². The number of nitrogens with two attached hydrogens (primary N) is 1. The molecule has 0 bridgehead atoms. The van der Waals surface area contributed by atoms with Crippen molar-refractivity contribution < 1.29 is 4.79 Å². The fourth-order valence-corrected chi connectivity index (χ4v) is 2.39. The summed E-state index contributed by atoms with van der Waals surface area (Å²) in [6.07, 6.45) is 4.89. The van der Waals surface area contributed by atoms with Gasteiger partial charge in [0.2, 0.25) is 5.91 Å². The minimum absolute atomic E-state index is 0.0391. The fourth-order valence-electron chi connectivity index (χ4n) is 2.39. The molecule has 1 aromatic carbocycles. The molecule has 0 aromatic heterocycles. The first-order chi connectivity index (χ1) is 8.10. The SMILES string of the molecule is Cc1cccc(NC(=O)C2(N)CCCCC2)c1. The van der Waals surface area contributed by atoms with Crippen molar-refractivity contribution in [3.63, 3.8) is 0 Å². The largest absolute Gasteiger partial charge is 0.324 e. The number of anilines is 1. The van der Waals surface area contributed by atoms with Gasteiger partial charge in [-0.3, -0.25) is 4.79 Å². The zero-order valence-electron chi connectivity index (χ0n) is 10.3. The molecule has 1 fully saturated rings. The summed E-state index contributed by atoms with van der Waals surface area (Å²) in [5.74, 6) is -0.0391. The van der Waals surface area contributed by atoms with Crippen molar-refractivity contribution >= 4 is 11.6 Å². The van der Waals surface area contributed by atoms with E-state index >= 15 is 0 Å². The summed E-state index contributed by atoms with van der Waals surface area (Å²) in [6, 6.07) is 7.81. The van der Waals surface area contributed by atoms with Crippen LogP contribution in [0.4, 0.5) is 5.69 Å². The predicted octanol–water partition coefficient (Wildman–Crippen LogP) is 2.60. The van der Waals surface area contributed by atoms with E-state index in [9.17, 15) is 4.79 Å². The van der Waals surface area contributed by atoms with Gasteiger partial charge in [-0.1, -0.05) is 31.4 Å². The molecule has 0 atom stereocenters. The number of hydrogen-bond donors (Lipinski definition) is 2. The Morgan fingerprint density at radius 1 is 1.29 bits per heavy atom. The van der Waals surface area contributed by atoms with Gasteiger partial charge < -0.3 is 11.1 Å². The van der Waals surface area contributed by atoms with Crippen molar-refractivity contribution in [2.24, 2.45) is 5.73 Å². The maximum absolute atomic E-state index is 12.2. The van der Waals surface area contributed by atoms with Gasteiger partial charge in [0.1, 0.15) is 0 Å². The average molecular weight is 232 g/mol. The van der Waals surface area contributed by atoms with Crippen LogP contribution in [0.15, 0.2) is 24.3 Å². The summed E-state index contributed by atoms with van der Waals surface area (Å²) in [5.41, 5.74) is 7.49. The van der Waals surface area contributed by atoms with E-state index < -0.39 is 5.54 Å². The number of amides is 1. The number of hydrogen-bond acceptors (Lipinski definition) is 2. The van der Waals surface area contributed by atoms with Crippen LogP contribution in [-0.4, -0.2) is 11.4 Å². The lowest BCUT2D eigenvalue weighted by atomic mass is 9.82. The van der Waals surface area contributed by atoms with E-state index in [1.165, 1.54) is 6.42 Å². The van der Waals surface area contributed by atoms with E-state index in [0.717, 1.165) is 36.9 Å². The first-order valence-electron chi connectivity index (χ1n) is 6.27. The molecule has 0 aliphatic heterocycles. The smallest absolute Gasteiger partial charge is 0.244 e. The molecular formula is C14H20N2O. The summed E-state index contributed by atoms with van der Waals surface area (Å²) in [5, 5.41) is 2.93. The first-order valence-corrected chi connectivity index (χ1v) is 6.27. The highest BCUT2D eigenvalue weighted by Crippen LogP contribution is 2.27. The topological polar surface area (TPSA) is 55.1 Å². The maximum Gasteiger partial charge on any atom is 0.244 e. The highest BCUT2D eigenvalue weighted by atomic mass is 16.2. The normalized spacial score (nSPS) is 18.7. The standard InChI is InChI=1S/C14H20N2O/c1-11-6-5-7-12(10-11)16-13(17)14(15)8-3-2-4-9-14/h5-7,10H,2-4,8-9,15H2,1H3,(H,16,17). The number of aryl methyl sites for hydroxylation is 1. The van der Waals surface area contributed by atoms with E-state index in [-0.39, 0.29) is 5.91 Å². The first kappa shape index (κ1) is 12.1. The van der Waals surface area contributed by atoms with Crippen molar-refractivity contribution in [1.82, 2.24) is 0 Å². The lowest BCUT2D eigenvalue weighted by molar-refractivity contribution is -0.122. The molecule has 3 N–H and O–H groups in total. The lowest BCUT2D eigenvalue weighted by Crippen LogP contribution is -2.52. The molecule has 0 heterocycles. The average Bonchev–Trinajstić information content (AvgIpc) is 2.30. The van der Waals surface area contributed by atoms with E-state index in [0.29, 0.717) is 0 Å². The van der Waals surface area contributed by atoms with Crippen molar-refractivity contribution in [1.29, 1.82) is 0 Å². The Bertz CT molecular complexity index is 408. The van der Waals surface area contributed by atoms with Gasteiger partial charge in [-0.05, 0) is 37.5 Å². The molecule has 1 amide bonds. The quantitative estimate of drug-likeness (QED) is 0.823. The summed E-state index contributed by atoms with van der Waals surface area (Å²) >= 11 is 0. The van der Waals surface area contributed by atoms with Gasteiger partial charge in [0.05, 0.1) is 5.54 Å². The van der Waals surface area contributed by atoms with Crippen molar-refractivity contribution in [3.8, 4) is 0 Å². The van der Waals surface area contributed by atoms with Gasteiger partial charge >= 0.3 is 0 Å². The van der Waals surface area contributed by atoms with Gasteiger partial charge in [-0.25, -0.2) is 0 Å². The molecule has 1 aliphatic rings. The molecule has 1 aliphatic carbocycles. The minimum Gasteiger partial charge on any atom is -0.324 e. The van der Waals surface area contributed by atoms with Gasteiger partial charge in [0, 0.05) is 5.69 Å². The van der Waals surface area contributed by atoms with Crippen LogP contribution in [0.2, 0.25) is 0 Å². The maximum atomic E-state index is 12.2. The number of nitrogens with one attached hydrogen (secondary N) is 1. The van der Waals surface area contributed by atoms with E-state index in [4.69, 9.17) is 5.73 Å². The van der Waals surface area contributed by atoms with Gasteiger partial charge in [-0.15, -0.1) is 0 Å². The summed E-state index contributed by atoms with van der Waals surface area (Å²) < 4.78 is 0. The Hall–Kier alpha value is -1.35. The molecule has 3 nitrogen and oxygen atoms in total. The molecule has 0 spiro atoms. The third-order valence-corrected chi connectivity index (χ3v) is 3.47. The molecule has 0 unspecified atom stereocenters. The van der Waals surface area contributed by atoms with E-state index in [1.54, 1.807) is 0 Å². The molecule has 3 heteroatoms. The monoisotopic (exact) mass is 232 g/mol. The highest BCUT2D eigenvalue weighted by Gasteiger charge is 2.35. The Labute approximate surface area is 102 Å². The Balaban J connectivity index is 2.05. The second-order valence-electron chi connectivity index (χ2n) is 5.04. The van der Waals surface area contributed by atoms with Crippen molar-refractivity contribution in [3.05, 3.63) is 29.8 Å². The van der Waals surface area contributed by atoms with Crippen LogP contribution in [0.1, 0.15) is 37.7 Å². The molecule has 0 saturated heterocycles. The van der Waals surface area contributed by atoms with Crippen LogP contribution >= 0.6 is 0 Å². The zero-order valence-corrected chi connectivity index (χ0v) is 10.3. The molecule has 1 saturated carbocycles. The molecule has 17 heavy (non-hydrogen) atoms. The molecule has 1 aromatic rings. The van der Waals surface area contributed by atoms with Crippen molar-refractivity contribution in [2.75, 3.05) is 5.32 Å². The van der Waals surface area contributed by atoms with E-state index in [2.05, 4.69) is 5.32 Å². The Kier molecular flexibility index (Phi) is 3.48. The lowest BCUT2D eigenvalue weighted by Gasteiger charge is -2.31. The zero-order chi connectivity index (χ0) is 12.3. The van der Waals surface area contributed by atoms with Crippen LogP contribution in [-0.2, 0) is 4.79 Å². The predicted molar refractivity (Wildman–Crippen MR) is 69.8 cm³/mol. The van der Waals surface area contributed by atoms with Gasteiger partial charge in [0.15, 0.2) is 0 Å². The molecule has 92 valence electrons. The Morgan fingerprint density at radius 2 is 2.00 bits per heavy atom. The molecule has 2 rings (SSSR count). The Morgan fingerprint density at radius 3 is 2.65 bits per heavy atom. The second kappa shape index (κ2) is 4.88. The highest BCUT2D eigenvalue weighted by molar-refractivity contribution is 5.98.